The fourth-order valence-corrected chi connectivity index (χ4v) is 5.46. The molecule has 0 aliphatic carbocycles. The summed E-state index contributed by atoms with van der Waals surface area (Å²) in [7, 11) is -1.59. The molecule has 0 unspecified atom stereocenters. The summed E-state index contributed by atoms with van der Waals surface area (Å²) in [5.74, 6) is 0.834. The van der Waals surface area contributed by atoms with Crippen LogP contribution in [0.15, 0.2) is 59.1 Å². The van der Waals surface area contributed by atoms with Gasteiger partial charge in [0.1, 0.15) is 5.75 Å². The standard InChI is InChI=1S/C23H24N2O5S/c1-16-6-8-18(9-7-16)22-13-21(24-30-22)23(26)25(19-10-11-31(27,28)15-19)14-17-4-3-5-20(12-17)29-2/h3-9,12-13,19H,10-11,14-15H2,1-2H3/t19-/m0/s1. The van der Waals surface area contributed by atoms with Gasteiger partial charge in [0.15, 0.2) is 21.3 Å². The Labute approximate surface area is 181 Å². The van der Waals surface area contributed by atoms with Crippen molar-refractivity contribution in [1.82, 2.24) is 10.1 Å². The van der Waals surface area contributed by atoms with Crippen LogP contribution in [-0.2, 0) is 16.4 Å². The van der Waals surface area contributed by atoms with Gasteiger partial charge in [0.25, 0.3) is 5.91 Å². The Morgan fingerprint density at radius 3 is 2.65 bits per heavy atom. The van der Waals surface area contributed by atoms with Crippen molar-refractivity contribution < 1.29 is 22.5 Å². The molecule has 3 aromatic rings. The van der Waals surface area contributed by atoms with Crippen molar-refractivity contribution in [2.75, 3.05) is 18.6 Å². The lowest BCUT2D eigenvalue weighted by molar-refractivity contribution is 0.0670. The van der Waals surface area contributed by atoms with E-state index in [0.29, 0.717) is 17.9 Å². The Hall–Kier alpha value is -3.13. The van der Waals surface area contributed by atoms with Gasteiger partial charge < -0.3 is 14.2 Å². The van der Waals surface area contributed by atoms with Crippen LogP contribution in [0.1, 0.15) is 28.0 Å². The summed E-state index contributed by atoms with van der Waals surface area (Å²) in [6, 6.07) is 16.3. The number of nitrogens with zero attached hydrogens (tertiary/aromatic N) is 2. The zero-order valence-electron chi connectivity index (χ0n) is 17.4. The van der Waals surface area contributed by atoms with Crippen LogP contribution in [0, 0.1) is 6.92 Å². The Morgan fingerprint density at radius 1 is 1.19 bits per heavy atom. The van der Waals surface area contributed by atoms with Crippen LogP contribution < -0.4 is 4.74 Å². The lowest BCUT2D eigenvalue weighted by atomic mass is 10.1. The maximum absolute atomic E-state index is 13.4. The highest BCUT2D eigenvalue weighted by atomic mass is 32.2. The minimum absolute atomic E-state index is 0.0502. The molecule has 1 aliphatic heterocycles. The molecule has 4 rings (SSSR count). The van der Waals surface area contributed by atoms with Crippen LogP contribution in [-0.4, -0.2) is 49.0 Å². The largest absolute Gasteiger partial charge is 0.497 e. The lowest BCUT2D eigenvalue weighted by Gasteiger charge is -2.27. The van der Waals surface area contributed by atoms with E-state index in [2.05, 4.69) is 5.16 Å². The lowest BCUT2D eigenvalue weighted by Crippen LogP contribution is -2.40. The number of methoxy groups -OCH3 is 1. The van der Waals surface area contributed by atoms with Gasteiger partial charge in [-0.15, -0.1) is 0 Å². The summed E-state index contributed by atoms with van der Waals surface area (Å²) in [6.45, 7) is 2.24. The summed E-state index contributed by atoms with van der Waals surface area (Å²) in [5.41, 5.74) is 2.94. The van der Waals surface area contributed by atoms with E-state index in [1.54, 1.807) is 18.1 Å². The Balaban J connectivity index is 1.63. The number of benzene rings is 2. The van der Waals surface area contributed by atoms with Crippen LogP contribution in [0.4, 0.5) is 0 Å². The van der Waals surface area contributed by atoms with E-state index in [9.17, 15) is 13.2 Å². The average molecular weight is 441 g/mol. The number of carbonyl (C=O) groups excluding carboxylic acids is 1. The zero-order valence-corrected chi connectivity index (χ0v) is 18.3. The Kier molecular flexibility index (Phi) is 5.82. The number of hydrogen-bond donors (Lipinski definition) is 0. The van der Waals surface area contributed by atoms with Crippen molar-refractivity contribution in [3.63, 3.8) is 0 Å². The molecule has 1 fully saturated rings. The molecule has 31 heavy (non-hydrogen) atoms. The maximum Gasteiger partial charge on any atom is 0.276 e. The molecule has 7 nitrogen and oxygen atoms in total. The molecule has 0 saturated carbocycles. The molecular weight excluding hydrogens is 416 g/mol. The molecule has 1 amide bonds. The second kappa shape index (κ2) is 8.55. The first-order valence-corrected chi connectivity index (χ1v) is 11.8. The average Bonchev–Trinajstić information content (AvgIpc) is 3.39. The SMILES string of the molecule is COc1cccc(CN(C(=O)c2cc(-c3ccc(C)cc3)on2)[C@H]2CCS(=O)(=O)C2)c1. The Bertz CT molecular complexity index is 1180. The van der Waals surface area contributed by atoms with Gasteiger partial charge in [0.2, 0.25) is 0 Å². The summed E-state index contributed by atoms with van der Waals surface area (Å²) in [4.78, 5) is 15.0. The second-order valence-electron chi connectivity index (χ2n) is 7.78. The molecule has 1 aliphatic rings. The van der Waals surface area contributed by atoms with Gasteiger partial charge in [-0.2, -0.15) is 0 Å². The molecule has 8 heteroatoms. The van der Waals surface area contributed by atoms with Gasteiger partial charge in [0.05, 0.1) is 18.6 Å². The fraction of sp³-hybridized carbons (Fsp3) is 0.304. The molecular formula is C23H24N2O5S. The number of aromatic nitrogens is 1. The van der Waals surface area contributed by atoms with E-state index >= 15 is 0 Å². The van der Waals surface area contributed by atoms with Crippen molar-refractivity contribution in [1.29, 1.82) is 0 Å². The van der Waals surface area contributed by atoms with Gasteiger partial charge in [-0.3, -0.25) is 4.79 Å². The molecule has 0 bridgehead atoms. The summed E-state index contributed by atoms with van der Waals surface area (Å²) < 4.78 is 34.9. The van der Waals surface area contributed by atoms with Gasteiger partial charge in [-0.1, -0.05) is 47.1 Å². The molecule has 2 aromatic carbocycles. The van der Waals surface area contributed by atoms with Crippen LogP contribution in [0.25, 0.3) is 11.3 Å². The van der Waals surface area contributed by atoms with Crippen molar-refractivity contribution in [3.8, 4) is 17.1 Å². The number of aryl methyl sites for hydroxylation is 1. The number of rotatable bonds is 6. The van der Waals surface area contributed by atoms with E-state index < -0.39 is 15.9 Å². The number of amides is 1. The maximum atomic E-state index is 13.4. The molecule has 1 atom stereocenters. The van der Waals surface area contributed by atoms with E-state index in [-0.39, 0.29) is 29.7 Å². The third-order valence-corrected chi connectivity index (χ3v) is 7.21. The number of carbonyl (C=O) groups is 1. The van der Waals surface area contributed by atoms with Crippen molar-refractivity contribution >= 4 is 15.7 Å². The van der Waals surface area contributed by atoms with Gasteiger partial charge in [0, 0.05) is 24.2 Å². The van der Waals surface area contributed by atoms with Crippen LogP contribution in [0.5, 0.6) is 5.75 Å². The molecule has 1 aromatic heterocycles. The summed E-state index contributed by atoms with van der Waals surface area (Å²) >= 11 is 0. The van der Waals surface area contributed by atoms with E-state index in [0.717, 1.165) is 16.7 Å². The van der Waals surface area contributed by atoms with Gasteiger partial charge >= 0.3 is 0 Å². The predicted molar refractivity (Wildman–Crippen MR) is 117 cm³/mol. The monoisotopic (exact) mass is 440 g/mol. The fourth-order valence-electron chi connectivity index (χ4n) is 3.73. The quantitative estimate of drug-likeness (QED) is 0.583. The first kappa shape index (κ1) is 21.1. The zero-order chi connectivity index (χ0) is 22.0. The molecule has 2 heterocycles. The third-order valence-electron chi connectivity index (χ3n) is 5.46. The van der Waals surface area contributed by atoms with Crippen molar-refractivity contribution in [2.45, 2.75) is 25.9 Å². The molecule has 0 radical (unpaired) electrons. The van der Waals surface area contributed by atoms with Crippen molar-refractivity contribution in [3.05, 3.63) is 71.4 Å². The number of sulfone groups is 1. The Morgan fingerprint density at radius 2 is 1.97 bits per heavy atom. The summed E-state index contributed by atoms with van der Waals surface area (Å²) in [6.07, 6.45) is 0.403. The van der Waals surface area contributed by atoms with E-state index in [1.165, 1.54) is 0 Å². The molecule has 0 spiro atoms. The predicted octanol–water partition coefficient (Wildman–Crippen LogP) is 3.49. The van der Waals surface area contributed by atoms with Crippen LogP contribution in [0.3, 0.4) is 0 Å². The van der Waals surface area contributed by atoms with Gasteiger partial charge in [-0.25, -0.2) is 8.42 Å². The molecule has 1 saturated heterocycles. The van der Waals surface area contributed by atoms with Gasteiger partial charge in [-0.05, 0) is 31.0 Å². The van der Waals surface area contributed by atoms with Crippen LogP contribution >= 0.6 is 0 Å². The minimum atomic E-state index is -3.17. The highest BCUT2D eigenvalue weighted by Crippen LogP contribution is 2.26. The highest BCUT2D eigenvalue weighted by molar-refractivity contribution is 7.91. The second-order valence-corrected chi connectivity index (χ2v) is 10.0. The normalized spacial score (nSPS) is 17.4. The first-order chi connectivity index (χ1) is 14.8. The van der Waals surface area contributed by atoms with E-state index in [4.69, 9.17) is 9.26 Å². The highest BCUT2D eigenvalue weighted by Gasteiger charge is 2.36. The number of ether oxygens (including phenoxy) is 1. The third kappa shape index (κ3) is 4.80. The smallest absolute Gasteiger partial charge is 0.276 e. The van der Waals surface area contributed by atoms with Crippen molar-refractivity contribution in [2.24, 2.45) is 0 Å². The summed E-state index contributed by atoms with van der Waals surface area (Å²) in [5, 5.41) is 3.98. The number of hydrogen-bond acceptors (Lipinski definition) is 6. The topological polar surface area (TPSA) is 89.7 Å². The molecule has 0 N–H and O–H groups in total. The minimum Gasteiger partial charge on any atom is -0.497 e. The molecule has 162 valence electrons. The van der Waals surface area contributed by atoms with E-state index in [1.807, 2.05) is 55.5 Å². The first-order valence-electron chi connectivity index (χ1n) is 10.0. The van der Waals surface area contributed by atoms with Crippen LogP contribution in [0.2, 0.25) is 0 Å².